The highest BCUT2D eigenvalue weighted by Gasteiger charge is 2.57. The number of aromatic amines is 1. The Morgan fingerprint density at radius 3 is 2.79 bits per heavy atom. The van der Waals surface area contributed by atoms with Crippen molar-refractivity contribution >= 4 is 28.8 Å². The van der Waals surface area contributed by atoms with Crippen molar-refractivity contribution in [3.8, 4) is 0 Å². The average Bonchev–Trinajstić information content (AvgIpc) is 3.38. The molecule has 0 radical (unpaired) electrons. The minimum absolute atomic E-state index is 0.0146. The third-order valence-electron chi connectivity index (χ3n) is 9.31. The highest BCUT2D eigenvalue weighted by atomic mass is 16.2. The molecular formula is C28H30N4O. The van der Waals surface area contributed by atoms with Crippen LogP contribution in [-0.4, -0.2) is 39.6 Å². The molecule has 2 atom stereocenters. The van der Waals surface area contributed by atoms with Gasteiger partial charge in [-0.25, -0.2) is 4.98 Å². The lowest BCUT2D eigenvalue weighted by Gasteiger charge is -2.60. The van der Waals surface area contributed by atoms with Gasteiger partial charge in [0, 0.05) is 42.1 Å². The third-order valence-corrected chi connectivity index (χ3v) is 9.31. The fourth-order valence-corrected chi connectivity index (χ4v) is 6.65. The Morgan fingerprint density at radius 2 is 1.97 bits per heavy atom. The molecule has 0 spiro atoms. The van der Waals surface area contributed by atoms with Gasteiger partial charge in [-0.3, -0.25) is 9.79 Å². The minimum atomic E-state index is -0.0307. The maximum Gasteiger partial charge on any atom is 0.254 e. The zero-order chi connectivity index (χ0) is 22.5. The molecule has 4 aliphatic rings. The number of nitrogens with one attached hydrogen (secondary N) is 1. The molecule has 1 saturated heterocycles. The number of aliphatic imine (C=N–C) groups is 1. The molecule has 1 N–H and O–H groups in total. The Hall–Kier alpha value is -2.95. The maximum absolute atomic E-state index is 13.8. The summed E-state index contributed by atoms with van der Waals surface area (Å²) in [7, 11) is 0. The van der Waals surface area contributed by atoms with Crippen LogP contribution < -0.4 is 0 Å². The van der Waals surface area contributed by atoms with E-state index in [2.05, 4.69) is 53.8 Å². The van der Waals surface area contributed by atoms with Crippen LogP contribution in [0.5, 0.6) is 0 Å². The van der Waals surface area contributed by atoms with Gasteiger partial charge < -0.3 is 9.88 Å². The quantitative estimate of drug-likeness (QED) is 0.578. The Bertz CT molecular complexity index is 1360. The van der Waals surface area contributed by atoms with Gasteiger partial charge in [-0.15, -0.1) is 0 Å². The second kappa shape index (κ2) is 6.34. The smallest absolute Gasteiger partial charge is 0.254 e. The van der Waals surface area contributed by atoms with E-state index >= 15 is 0 Å². The Morgan fingerprint density at radius 1 is 1.12 bits per heavy atom. The summed E-state index contributed by atoms with van der Waals surface area (Å²) in [5.41, 5.74) is 7.99. The molecule has 1 aromatic heterocycles. The molecule has 1 saturated carbocycles. The SMILES string of the molecule is CC1(C)[C@H]2Cc3cc4[nH]c(C5CC5)nc4cc3[C@]1(C)CCN2C(=O)c1ccc2c(c1)CC=N2. The zero-order valence-electron chi connectivity index (χ0n) is 19.6. The van der Waals surface area contributed by atoms with Gasteiger partial charge in [0.2, 0.25) is 0 Å². The fraction of sp³-hybridized carbons (Fsp3) is 0.464. The number of likely N-dealkylation sites (tertiary alicyclic amines) is 1. The van der Waals surface area contributed by atoms with Gasteiger partial charge in [0.1, 0.15) is 5.82 Å². The summed E-state index contributed by atoms with van der Waals surface area (Å²) in [6.45, 7) is 7.93. The van der Waals surface area contributed by atoms with E-state index in [1.165, 1.54) is 24.0 Å². The van der Waals surface area contributed by atoms with Crippen molar-refractivity contribution < 1.29 is 4.79 Å². The van der Waals surface area contributed by atoms with Crippen LogP contribution in [0, 0.1) is 5.41 Å². The highest BCUT2D eigenvalue weighted by Crippen LogP contribution is 2.56. The largest absolute Gasteiger partial charge is 0.342 e. The first kappa shape index (κ1) is 19.5. The first-order valence-corrected chi connectivity index (χ1v) is 12.3. The molecular weight excluding hydrogens is 408 g/mol. The van der Waals surface area contributed by atoms with Gasteiger partial charge in [-0.2, -0.15) is 0 Å². The minimum Gasteiger partial charge on any atom is -0.342 e. The maximum atomic E-state index is 13.8. The van der Waals surface area contributed by atoms with E-state index in [9.17, 15) is 4.79 Å². The van der Waals surface area contributed by atoms with E-state index in [0.717, 1.165) is 59.5 Å². The Labute approximate surface area is 194 Å². The van der Waals surface area contributed by atoms with E-state index in [4.69, 9.17) is 4.98 Å². The van der Waals surface area contributed by atoms with E-state index in [-0.39, 0.29) is 22.8 Å². The van der Waals surface area contributed by atoms with Gasteiger partial charge in [0.15, 0.2) is 0 Å². The van der Waals surface area contributed by atoms with Crippen LogP contribution in [0.3, 0.4) is 0 Å². The second-order valence-corrected chi connectivity index (χ2v) is 11.3. The van der Waals surface area contributed by atoms with Crippen LogP contribution in [0.1, 0.15) is 78.8 Å². The topological polar surface area (TPSA) is 61.4 Å². The van der Waals surface area contributed by atoms with E-state index < -0.39 is 0 Å². The number of nitrogens with zero attached hydrogens (tertiary/aromatic N) is 3. The number of hydrogen-bond donors (Lipinski definition) is 1. The fourth-order valence-electron chi connectivity index (χ4n) is 6.65. The van der Waals surface area contributed by atoms with Crippen molar-refractivity contribution in [1.29, 1.82) is 0 Å². The van der Waals surface area contributed by atoms with Gasteiger partial charge in [-0.1, -0.05) is 20.8 Å². The lowest BCUT2D eigenvalue weighted by molar-refractivity contribution is -0.0261. The molecule has 33 heavy (non-hydrogen) atoms. The summed E-state index contributed by atoms with van der Waals surface area (Å²) >= 11 is 0. The molecule has 5 nitrogen and oxygen atoms in total. The van der Waals surface area contributed by atoms with Crippen molar-refractivity contribution in [2.24, 2.45) is 10.4 Å². The number of aromatic nitrogens is 2. The number of H-pyrrole nitrogens is 1. The van der Waals surface area contributed by atoms with Crippen LogP contribution in [-0.2, 0) is 18.3 Å². The molecule has 2 aromatic carbocycles. The molecule has 3 aromatic rings. The molecule has 0 unspecified atom stereocenters. The van der Waals surface area contributed by atoms with Gasteiger partial charge in [0.05, 0.1) is 16.7 Å². The summed E-state index contributed by atoms with van der Waals surface area (Å²) in [5, 5.41) is 0. The standard InChI is InChI=1S/C28H30N4O/c1-27(2)24-14-19-13-22-23(31-25(30-22)16-4-5-16)15-20(19)28(27,3)9-11-32(24)26(33)18-6-7-21-17(12-18)8-10-29-21/h6-7,10,12-13,15-16,24H,4-5,8-9,11,14H2,1-3H3,(H,30,31)/t24-,28+/m1/s1. The lowest BCUT2D eigenvalue weighted by atomic mass is 9.51. The molecule has 2 aliphatic heterocycles. The molecule has 1 amide bonds. The number of carbonyl (C=O) groups excluding carboxylic acids is 1. The van der Waals surface area contributed by atoms with Gasteiger partial charge >= 0.3 is 0 Å². The summed E-state index contributed by atoms with van der Waals surface area (Å²) in [6.07, 6.45) is 7.10. The molecule has 2 bridgehead atoms. The zero-order valence-corrected chi connectivity index (χ0v) is 19.6. The number of carbonyl (C=O) groups is 1. The molecule has 2 fully saturated rings. The number of piperidine rings is 1. The highest BCUT2D eigenvalue weighted by molar-refractivity contribution is 5.96. The number of rotatable bonds is 2. The predicted octanol–water partition coefficient (Wildman–Crippen LogP) is 5.45. The molecule has 7 rings (SSSR count). The van der Waals surface area contributed by atoms with Crippen molar-refractivity contribution in [1.82, 2.24) is 14.9 Å². The van der Waals surface area contributed by atoms with E-state index in [1.54, 1.807) is 0 Å². The first-order chi connectivity index (χ1) is 15.8. The molecule has 168 valence electrons. The summed E-state index contributed by atoms with van der Waals surface area (Å²) in [6, 6.07) is 10.8. The number of benzene rings is 2. The van der Waals surface area contributed by atoms with E-state index in [1.807, 2.05) is 18.3 Å². The monoisotopic (exact) mass is 438 g/mol. The van der Waals surface area contributed by atoms with Crippen LogP contribution in [0.2, 0.25) is 0 Å². The van der Waals surface area contributed by atoms with Gasteiger partial charge in [-0.05, 0) is 78.1 Å². The summed E-state index contributed by atoms with van der Waals surface area (Å²) in [5.74, 6) is 1.93. The van der Waals surface area contributed by atoms with Crippen LogP contribution >= 0.6 is 0 Å². The number of hydrogen-bond acceptors (Lipinski definition) is 3. The third kappa shape index (κ3) is 2.62. The number of fused-ring (bicyclic) bond motifs is 6. The Balaban J connectivity index is 1.29. The first-order valence-electron chi connectivity index (χ1n) is 12.3. The van der Waals surface area contributed by atoms with Crippen LogP contribution in [0.15, 0.2) is 35.3 Å². The predicted molar refractivity (Wildman–Crippen MR) is 131 cm³/mol. The number of amides is 1. The van der Waals surface area contributed by atoms with Gasteiger partial charge in [0.25, 0.3) is 5.91 Å². The number of imidazole rings is 1. The van der Waals surface area contributed by atoms with Crippen molar-refractivity contribution in [3.05, 3.63) is 58.4 Å². The Kier molecular flexibility index (Phi) is 3.75. The lowest BCUT2D eigenvalue weighted by Crippen LogP contribution is -2.64. The summed E-state index contributed by atoms with van der Waals surface area (Å²) in [4.78, 5) is 28.9. The van der Waals surface area contributed by atoms with Crippen molar-refractivity contribution in [2.45, 2.75) is 70.3 Å². The van der Waals surface area contributed by atoms with Crippen molar-refractivity contribution in [2.75, 3.05) is 6.54 Å². The second-order valence-electron chi connectivity index (χ2n) is 11.3. The normalized spacial score (nSPS) is 27.0. The van der Waals surface area contributed by atoms with Crippen LogP contribution in [0.4, 0.5) is 5.69 Å². The van der Waals surface area contributed by atoms with E-state index in [0.29, 0.717) is 5.92 Å². The van der Waals surface area contributed by atoms with Crippen LogP contribution in [0.25, 0.3) is 11.0 Å². The molecule has 3 heterocycles. The molecule has 2 aliphatic carbocycles. The average molecular weight is 439 g/mol. The molecule has 5 heteroatoms. The summed E-state index contributed by atoms with van der Waals surface area (Å²) < 4.78 is 0. The van der Waals surface area contributed by atoms with Crippen molar-refractivity contribution in [3.63, 3.8) is 0 Å².